The van der Waals surface area contributed by atoms with Crippen LogP contribution in [0.2, 0.25) is 0 Å². The zero-order valence-corrected chi connectivity index (χ0v) is 17.2. The summed E-state index contributed by atoms with van der Waals surface area (Å²) >= 11 is 9.56. The van der Waals surface area contributed by atoms with E-state index in [9.17, 15) is 0 Å². The molecule has 0 N–H and O–H groups in total. The Morgan fingerprint density at radius 2 is 0.727 bits per heavy atom. The van der Waals surface area contributed by atoms with Gasteiger partial charge in [-0.1, -0.05) is 104 Å². The Bertz CT molecular complexity index is 184. The summed E-state index contributed by atoms with van der Waals surface area (Å²) in [5.74, 6) is 0. The molecule has 0 unspecified atom stereocenters. The number of unbranched alkanes of at least 4 members (excludes halogenated alkanes) is 12. The first-order valence-electron chi connectivity index (χ1n) is 10.1. The minimum absolute atomic E-state index is 0.499. The van der Waals surface area contributed by atoms with Gasteiger partial charge >= 0.3 is 0 Å². The van der Waals surface area contributed by atoms with Crippen molar-refractivity contribution in [3.63, 3.8) is 0 Å². The molecule has 0 amide bonds. The van der Waals surface area contributed by atoms with Gasteiger partial charge in [0.1, 0.15) is 0 Å². The molecule has 0 nitrogen and oxygen atoms in total. The highest BCUT2D eigenvalue weighted by Crippen LogP contribution is 2.22. The Hall–Kier alpha value is 0.700. The molecule has 0 aliphatic rings. The van der Waals surface area contributed by atoms with Gasteiger partial charge in [0, 0.05) is 10.5 Å². The molecule has 134 valence electrons. The van der Waals surface area contributed by atoms with Crippen LogP contribution in [-0.2, 0) is 0 Å². The van der Waals surface area contributed by atoms with Crippen LogP contribution in [0.5, 0.6) is 0 Å². The second-order valence-corrected chi connectivity index (χ2v) is 8.28. The lowest BCUT2D eigenvalue weighted by atomic mass is 10.0. The van der Waals surface area contributed by atoms with Crippen molar-refractivity contribution in [1.29, 1.82) is 0 Å². The smallest absolute Gasteiger partial charge is 0.0133 e. The van der Waals surface area contributed by atoms with Crippen LogP contribution < -0.4 is 0 Å². The maximum Gasteiger partial charge on any atom is 0.0133 e. The zero-order chi connectivity index (χ0) is 16.5. The minimum atomic E-state index is 0.499. The third-order valence-electron chi connectivity index (χ3n) is 4.65. The molecule has 0 bridgehead atoms. The Balaban J connectivity index is 3.33. The van der Waals surface area contributed by atoms with E-state index in [0.29, 0.717) is 10.5 Å². The van der Waals surface area contributed by atoms with Gasteiger partial charge < -0.3 is 0 Å². The molecule has 0 saturated heterocycles. The molecule has 0 aromatic heterocycles. The van der Waals surface area contributed by atoms with Crippen molar-refractivity contribution < 1.29 is 0 Å². The largest absolute Gasteiger partial charge is 0.175 e. The Morgan fingerprint density at radius 1 is 0.455 bits per heavy atom. The number of hydrogen-bond acceptors (Lipinski definition) is 2. The quantitative estimate of drug-likeness (QED) is 0.194. The number of hydrogen-bond donors (Lipinski definition) is 2. The average Bonchev–Trinajstić information content (AvgIpc) is 2.52. The monoisotopic (exact) mass is 346 g/mol. The SMILES string of the molecule is CCCCCCCCC[C@H](S)[C@@H](S)CCCCCCCCC. The van der Waals surface area contributed by atoms with Gasteiger partial charge in [-0.3, -0.25) is 0 Å². The summed E-state index contributed by atoms with van der Waals surface area (Å²) in [5.41, 5.74) is 0. The molecular formula is C20H42S2. The molecule has 22 heavy (non-hydrogen) atoms. The van der Waals surface area contributed by atoms with Crippen LogP contribution in [0.1, 0.15) is 117 Å². The van der Waals surface area contributed by atoms with Crippen molar-refractivity contribution in [3.8, 4) is 0 Å². The average molecular weight is 347 g/mol. The highest BCUT2D eigenvalue weighted by atomic mass is 32.1. The van der Waals surface area contributed by atoms with E-state index in [-0.39, 0.29) is 0 Å². The van der Waals surface area contributed by atoms with Gasteiger partial charge in [-0.05, 0) is 12.8 Å². The molecule has 0 aliphatic heterocycles. The van der Waals surface area contributed by atoms with Crippen molar-refractivity contribution >= 4 is 25.3 Å². The van der Waals surface area contributed by atoms with Crippen LogP contribution in [0.25, 0.3) is 0 Å². The summed E-state index contributed by atoms with van der Waals surface area (Å²) in [6, 6.07) is 0. The Morgan fingerprint density at radius 3 is 1.05 bits per heavy atom. The highest BCUT2D eigenvalue weighted by Gasteiger charge is 2.13. The van der Waals surface area contributed by atoms with Crippen LogP contribution in [0.3, 0.4) is 0 Å². The summed E-state index contributed by atoms with van der Waals surface area (Å²) in [4.78, 5) is 0. The fourth-order valence-electron chi connectivity index (χ4n) is 3.01. The summed E-state index contributed by atoms with van der Waals surface area (Å²) in [6.45, 7) is 4.56. The zero-order valence-electron chi connectivity index (χ0n) is 15.4. The van der Waals surface area contributed by atoms with E-state index in [0.717, 1.165) is 0 Å². The molecule has 2 heteroatoms. The van der Waals surface area contributed by atoms with Crippen molar-refractivity contribution in [2.45, 2.75) is 127 Å². The number of thiol groups is 2. The Kier molecular flexibility index (Phi) is 18.6. The second kappa shape index (κ2) is 18.0. The van der Waals surface area contributed by atoms with Crippen LogP contribution in [0, 0.1) is 0 Å². The van der Waals surface area contributed by atoms with E-state index in [4.69, 9.17) is 25.3 Å². The molecule has 0 saturated carbocycles. The molecule has 0 spiro atoms. The maximum absolute atomic E-state index is 4.78. The third kappa shape index (κ3) is 15.6. The van der Waals surface area contributed by atoms with Crippen LogP contribution in [-0.4, -0.2) is 10.5 Å². The van der Waals surface area contributed by atoms with Crippen LogP contribution in [0.4, 0.5) is 0 Å². The molecule has 0 fully saturated rings. The van der Waals surface area contributed by atoms with Gasteiger partial charge in [0.15, 0.2) is 0 Å². The standard InChI is InChI=1S/C20H42S2/c1-3-5-7-9-11-13-15-17-19(21)20(22)18-16-14-12-10-8-6-4-2/h19-22H,3-18H2,1-2H3/t19-,20-/m0/s1. The third-order valence-corrected chi connectivity index (χ3v) is 6.12. The van der Waals surface area contributed by atoms with Crippen molar-refractivity contribution in [3.05, 3.63) is 0 Å². The van der Waals surface area contributed by atoms with Crippen LogP contribution in [0.15, 0.2) is 0 Å². The minimum Gasteiger partial charge on any atom is -0.175 e. The number of rotatable bonds is 17. The summed E-state index contributed by atoms with van der Waals surface area (Å²) in [7, 11) is 0. The van der Waals surface area contributed by atoms with Gasteiger partial charge in [0.05, 0.1) is 0 Å². The fraction of sp³-hybridized carbons (Fsp3) is 1.00. The lowest BCUT2D eigenvalue weighted by molar-refractivity contribution is 0.541. The van der Waals surface area contributed by atoms with E-state index in [1.165, 1.54) is 103 Å². The lowest BCUT2D eigenvalue weighted by Crippen LogP contribution is -2.15. The van der Waals surface area contributed by atoms with Gasteiger partial charge in [0.2, 0.25) is 0 Å². The molecule has 0 aromatic carbocycles. The van der Waals surface area contributed by atoms with Crippen molar-refractivity contribution in [2.24, 2.45) is 0 Å². The summed E-state index contributed by atoms with van der Waals surface area (Å²) in [6.07, 6.45) is 22.0. The van der Waals surface area contributed by atoms with E-state index < -0.39 is 0 Å². The second-order valence-electron chi connectivity index (χ2n) is 6.95. The summed E-state index contributed by atoms with van der Waals surface area (Å²) in [5, 5.41) is 0.998. The molecule has 0 heterocycles. The van der Waals surface area contributed by atoms with Gasteiger partial charge in [-0.2, -0.15) is 25.3 Å². The van der Waals surface area contributed by atoms with Crippen molar-refractivity contribution in [1.82, 2.24) is 0 Å². The molecule has 0 aromatic rings. The molecule has 0 aliphatic carbocycles. The molecular weight excluding hydrogens is 304 g/mol. The normalized spacial score (nSPS) is 14.2. The van der Waals surface area contributed by atoms with E-state index in [2.05, 4.69) is 13.8 Å². The first kappa shape index (κ1) is 22.7. The van der Waals surface area contributed by atoms with Crippen LogP contribution >= 0.6 is 25.3 Å². The van der Waals surface area contributed by atoms with Crippen molar-refractivity contribution in [2.75, 3.05) is 0 Å². The molecule has 0 rings (SSSR count). The summed E-state index contributed by atoms with van der Waals surface area (Å²) < 4.78 is 0. The molecule has 2 atom stereocenters. The lowest BCUT2D eigenvalue weighted by Gasteiger charge is -2.18. The predicted molar refractivity (Wildman–Crippen MR) is 111 cm³/mol. The van der Waals surface area contributed by atoms with E-state index in [1.807, 2.05) is 0 Å². The molecule has 0 radical (unpaired) electrons. The predicted octanol–water partition coefficient (Wildman–Crippen LogP) is 7.86. The van der Waals surface area contributed by atoms with Gasteiger partial charge in [-0.15, -0.1) is 0 Å². The Labute approximate surface area is 152 Å². The van der Waals surface area contributed by atoms with E-state index in [1.54, 1.807) is 0 Å². The van der Waals surface area contributed by atoms with E-state index >= 15 is 0 Å². The first-order valence-corrected chi connectivity index (χ1v) is 11.1. The van der Waals surface area contributed by atoms with Gasteiger partial charge in [-0.25, -0.2) is 0 Å². The first-order chi connectivity index (χ1) is 10.7. The maximum atomic E-state index is 4.78. The fourth-order valence-corrected chi connectivity index (χ4v) is 3.67. The topological polar surface area (TPSA) is 0 Å². The van der Waals surface area contributed by atoms with Gasteiger partial charge in [0.25, 0.3) is 0 Å². The highest BCUT2D eigenvalue weighted by molar-refractivity contribution is 7.85.